The third kappa shape index (κ3) is 6.14. The van der Waals surface area contributed by atoms with Gasteiger partial charge in [0.05, 0.1) is 12.5 Å². The molecule has 1 aromatic rings. The molecule has 2 N–H and O–H groups in total. The van der Waals surface area contributed by atoms with E-state index < -0.39 is 5.97 Å². The van der Waals surface area contributed by atoms with E-state index in [4.69, 9.17) is 9.63 Å². The largest absolute Gasteiger partial charge is 0.481 e. The average Bonchev–Trinajstić information content (AvgIpc) is 2.84. The number of hydrogen-bond acceptors (Lipinski definition) is 5. The Morgan fingerprint density at radius 2 is 2.15 bits per heavy atom. The van der Waals surface area contributed by atoms with E-state index in [-0.39, 0.29) is 5.92 Å². The van der Waals surface area contributed by atoms with Crippen molar-refractivity contribution in [3.05, 3.63) is 11.7 Å². The number of nitrogens with zero attached hydrogens (tertiary/aromatic N) is 2. The maximum atomic E-state index is 10.7. The molecule has 1 heterocycles. The van der Waals surface area contributed by atoms with Crippen LogP contribution < -0.4 is 5.32 Å². The molecule has 0 aliphatic rings. The fraction of sp³-hybridized carbons (Fsp3) is 0.786. The van der Waals surface area contributed by atoms with Crippen LogP contribution in [-0.4, -0.2) is 27.3 Å². The van der Waals surface area contributed by atoms with Crippen molar-refractivity contribution in [1.82, 2.24) is 15.5 Å². The summed E-state index contributed by atoms with van der Waals surface area (Å²) in [6, 6.07) is 0.309. The van der Waals surface area contributed by atoms with E-state index >= 15 is 0 Å². The molecule has 0 amide bonds. The second-order valence-corrected chi connectivity index (χ2v) is 5.31. The molecular weight excluding hydrogens is 258 g/mol. The van der Waals surface area contributed by atoms with Gasteiger partial charge in [-0.1, -0.05) is 25.4 Å². The van der Waals surface area contributed by atoms with Crippen molar-refractivity contribution < 1.29 is 14.4 Å². The summed E-state index contributed by atoms with van der Waals surface area (Å²) >= 11 is 0. The normalized spacial score (nSPS) is 14.2. The zero-order valence-electron chi connectivity index (χ0n) is 12.6. The Hall–Kier alpha value is -1.43. The second kappa shape index (κ2) is 8.68. The van der Waals surface area contributed by atoms with Gasteiger partial charge in [-0.25, -0.2) is 0 Å². The summed E-state index contributed by atoms with van der Waals surface area (Å²) in [6.07, 6.45) is 4.36. The van der Waals surface area contributed by atoms with Gasteiger partial charge in [-0.05, 0) is 26.2 Å². The van der Waals surface area contributed by atoms with Crippen LogP contribution >= 0.6 is 0 Å². The quantitative estimate of drug-likeness (QED) is 0.685. The van der Waals surface area contributed by atoms with Crippen molar-refractivity contribution in [2.45, 2.75) is 65.5 Å². The van der Waals surface area contributed by atoms with E-state index in [2.05, 4.69) is 29.3 Å². The number of carbonyl (C=O) groups is 1. The van der Waals surface area contributed by atoms with Crippen LogP contribution in [0.5, 0.6) is 0 Å². The third-order valence-electron chi connectivity index (χ3n) is 3.28. The third-order valence-corrected chi connectivity index (χ3v) is 3.28. The number of carboxylic acids is 1. The molecule has 1 rings (SSSR count). The molecule has 0 spiro atoms. The molecular formula is C14H25N3O3. The highest BCUT2D eigenvalue weighted by molar-refractivity contribution is 5.69. The number of rotatable bonds is 10. The molecule has 0 aliphatic heterocycles. The Labute approximate surface area is 120 Å². The second-order valence-electron chi connectivity index (χ2n) is 5.31. The van der Waals surface area contributed by atoms with Crippen molar-refractivity contribution in [1.29, 1.82) is 0 Å². The standard InChI is InChI=1S/C14H25N3O3/c1-4-6-13-16-12(17-20-13)9-15-11(3)8-5-7-10(2)14(18)19/h10-11,15H,4-9H2,1-3H3,(H,18,19). The molecule has 20 heavy (non-hydrogen) atoms. The van der Waals surface area contributed by atoms with Crippen molar-refractivity contribution in [2.75, 3.05) is 0 Å². The van der Waals surface area contributed by atoms with Crippen LogP contribution in [0.3, 0.4) is 0 Å². The first-order valence-electron chi connectivity index (χ1n) is 7.30. The van der Waals surface area contributed by atoms with Crippen LogP contribution in [0.25, 0.3) is 0 Å². The van der Waals surface area contributed by atoms with Crippen LogP contribution in [0.4, 0.5) is 0 Å². The molecule has 0 saturated carbocycles. The zero-order chi connectivity index (χ0) is 15.0. The van der Waals surface area contributed by atoms with E-state index in [1.807, 2.05) is 0 Å². The smallest absolute Gasteiger partial charge is 0.306 e. The van der Waals surface area contributed by atoms with Gasteiger partial charge in [-0.15, -0.1) is 0 Å². The topological polar surface area (TPSA) is 88.2 Å². The summed E-state index contributed by atoms with van der Waals surface area (Å²) in [5, 5.41) is 16.0. The van der Waals surface area contributed by atoms with Gasteiger partial charge in [0, 0.05) is 12.5 Å². The fourth-order valence-corrected chi connectivity index (χ4v) is 1.90. The monoisotopic (exact) mass is 283 g/mol. The van der Waals surface area contributed by atoms with Gasteiger partial charge in [-0.2, -0.15) is 4.98 Å². The van der Waals surface area contributed by atoms with Gasteiger partial charge >= 0.3 is 5.97 Å². The van der Waals surface area contributed by atoms with Crippen LogP contribution in [0.2, 0.25) is 0 Å². The highest BCUT2D eigenvalue weighted by Gasteiger charge is 2.12. The predicted molar refractivity (Wildman–Crippen MR) is 75.2 cm³/mol. The van der Waals surface area contributed by atoms with Crippen LogP contribution in [0.1, 0.15) is 58.2 Å². The van der Waals surface area contributed by atoms with E-state index in [0.29, 0.717) is 30.7 Å². The first kappa shape index (κ1) is 16.6. The Morgan fingerprint density at radius 3 is 2.80 bits per heavy atom. The van der Waals surface area contributed by atoms with Gasteiger partial charge in [0.15, 0.2) is 5.82 Å². The summed E-state index contributed by atoms with van der Waals surface area (Å²) in [6.45, 7) is 6.48. The lowest BCUT2D eigenvalue weighted by atomic mass is 10.0. The van der Waals surface area contributed by atoms with E-state index in [9.17, 15) is 4.79 Å². The molecule has 1 aromatic heterocycles. The van der Waals surface area contributed by atoms with Gasteiger partial charge in [-0.3, -0.25) is 4.79 Å². The zero-order valence-corrected chi connectivity index (χ0v) is 12.6. The summed E-state index contributed by atoms with van der Waals surface area (Å²) in [5.41, 5.74) is 0. The minimum absolute atomic E-state index is 0.268. The van der Waals surface area contributed by atoms with E-state index in [0.717, 1.165) is 25.7 Å². The number of aromatic nitrogens is 2. The predicted octanol–water partition coefficient (Wildman–Crippen LogP) is 2.39. The molecule has 2 unspecified atom stereocenters. The van der Waals surface area contributed by atoms with E-state index in [1.54, 1.807) is 6.92 Å². The Kier molecular flexibility index (Phi) is 7.22. The molecule has 6 heteroatoms. The number of aliphatic carboxylic acids is 1. The molecule has 0 aliphatic carbocycles. The summed E-state index contributed by atoms with van der Waals surface area (Å²) in [5.74, 6) is 0.378. The average molecular weight is 283 g/mol. The fourth-order valence-electron chi connectivity index (χ4n) is 1.90. The SMILES string of the molecule is CCCc1nc(CNC(C)CCCC(C)C(=O)O)no1. The van der Waals surface area contributed by atoms with Crippen LogP contribution in [0.15, 0.2) is 4.52 Å². The van der Waals surface area contributed by atoms with Gasteiger partial charge in [0.2, 0.25) is 5.89 Å². The number of aryl methyl sites for hydroxylation is 1. The maximum Gasteiger partial charge on any atom is 0.306 e. The molecule has 114 valence electrons. The first-order valence-corrected chi connectivity index (χ1v) is 7.30. The Morgan fingerprint density at radius 1 is 1.40 bits per heavy atom. The van der Waals surface area contributed by atoms with Crippen LogP contribution in [-0.2, 0) is 17.8 Å². The minimum Gasteiger partial charge on any atom is -0.481 e. The lowest BCUT2D eigenvalue weighted by Gasteiger charge is -2.13. The van der Waals surface area contributed by atoms with Crippen molar-refractivity contribution in [3.8, 4) is 0 Å². The first-order chi connectivity index (χ1) is 9.52. The molecule has 0 radical (unpaired) electrons. The van der Waals surface area contributed by atoms with E-state index in [1.165, 1.54) is 0 Å². The van der Waals surface area contributed by atoms with Crippen molar-refractivity contribution in [3.63, 3.8) is 0 Å². The van der Waals surface area contributed by atoms with Gasteiger partial charge in [0.1, 0.15) is 0 Å². The summed E-state index contributed by atoms with van der Waals surface area (Å²) < 4.78 is 5.11. The highest BCUT2D eigenvalue weighted by Crippen LogP contribution is 2.10. The minimum atomic E-state index is -0.721. The summed E-state index contributed by atoms with van der Waals surface area (Å²) in [4.78, 5) is 15.0. The van der Waals surface area contributed by atoms with Crippen molar-refractivity contribution in [2.24, 2.45) is 5.92 Å². The van der Waals surface area contributed by atoms with Gasteiger partial charge in [0.25, 0.3) is 0 Å². The Balaban J connectivity index is 2.18. The highest BCUT2D eigenvalue weighted by atomic mass is 16.5. The number of carboxylic acid groups (broad SMARTS) is 1. The molecule has 0 fully saturated rings. The lowest BCUT2D eigenvalue weighted by molar-refractivity contribution is -0.141. The number of hydrogen-bond donors (Lipinski definition) is 2. The summed E-state index contributed by atoms with van der Waals surface area (Å²) in [7, 11) is 0. The maximum absolute atomic E-state index is 10.7. The lowest BCUT2D eigenvalue weighted by Crippen LogP contribution is -2.26. The van der Waals surface area contributed by atoms with Crippen molar-refractivity contribution >= 4 is 5.97 Å². The molecule has 0 bridgehead atoms. The molecule has 2 atom stereocenters. The molecule has 0 saturated heterocycles. The van der Waals surface area contributed by atoms with Crippen LogP contribution in [0, 0.1) is 5.92 Å². The Bertz CT molecular complexity index is 406. The molecule has 0 aromatic carbocycles. The molecule has 6 nitrogen and oxygen atoms in total. The van der Waals surface area contributed by atoms with Gasteiger partial charge < -0.3 is 14.9 Å². The number of nitrogens with one attached hydrogen (secondary N) is 1.